The van der Waals surface area contributed by atoms with Gasteiger partial charge in [-0.1, -0.05) is 29.8 Å². The number of halogens is 1. The second-order valence-electron chi connectivity index (χ2n) is 4.53. The normalized spacial score (nSPS) is 21.2. The molecule has 18 heavy (non-hydrogen) atoms. The molecule has 0 aliphatic heterocycles. The highest BCUT2D eigenvalue weighted by molar-refractivity contribution is 6.27. The SMILES string of the molecule is Cc1ccc(C2CC2C(=O)NNC(=O)CCl)cc1. The fraction of sp³-hybridized carbons (Fsp3) is 0.385. The summed E-state index contributed by atoms with van der Waals surface area (Å²) in [5.74, 6) is -0.509. The lowest BCUT2D eigenvalue weighted by atomic mass is 10.1. The number of alkyl halides is 1. The van der Waals surface area contributed by atoms with Gasteiger partial charge >= 0.3 is 0 Å². The van der Waals surface area contributed by atoms with Gasteiger partial charge in [0.25, 0.3) is 5.91 Å². The summed E-state index contributed by atoms with van der Waals surface area (Å²) in [4.78, 5) is 22.6. The fourth-order valence-electron chi connectivity index (χ4n) is 1.92. The zero-order chi connectivity index (χ0) is 13.1. The Labute approximate surface area is 111 Å². The van der Waals surface area contributed by atoms with Crippen molar-refractivity contribution >= 4 is 23.4 Å². The number of hydrogen-bond acceptors (Lipinski definition) is 2. The molecule has 96 valence electrons. The predicted octanol–water partition coefficient (Wildman–Crippen LogP) is 1.48. The van der Waals surface area contributed by atoms with Crippen LogP contribution < -0.4 is 10.9 Å². The lowest BCUT2D eigenvalue weighted by molar-refractivity contribution is -0.128. The molecule has 1 aliphatic carbocycles. The molecule has 4 nitrogen and oxygen atoms in total. The van der Waals surface area contributed by atoms with E-state index in [2.05, 4.69) is 10.9 Å². The number of hydrazine groups is 1. The van der Waals surface area contributed by atoms with E-state index >= 15 is 0 Å². The van der Waals surface area contributed by atoms with Crippen molar-refractivity contribution in [2.45, 2.75) is 19.3 Å². The predicted molar refractivity (Wildman–Crippen MR) is 69.0 cm³/mol. The van der Waals surface area contributed by atoms with Crippen molar-refractivity contribution in [3.05, 3.63) is 35.4 Å². The van der Waals surface area contributed by atoms with Crippen LogP contribution in [0.4, 0.5) is 0 Å². The van der Waals surface area contributed by atoms with Gasteiger partial charge in [-0.25, -0.2) is 0 Å². The van der Waals surface area contributed by atoms with E-state index in [-0.39, 0.29) is 23.6 Å². The molecular formula is C13H15ClN2O2. The molecule has 1 saturated carbocycles. The molecule has 0 aromatic heterocycles. The Morgan fingerprint density at radius 1 is 1.28 bits per heavy atom. The third-order valence-electron chi connectivity index (χ3n) is 3.08. The molecule has 1 aromatic carbocycles. The fourth-order valence-corrected chi connectivity index (χ4v) is 1.99. The molecule has 0 heterocycles. The van der Waals surface area contributed by atoms with Crippen LogP contribution in [-0.4, -0.2) is 17.7 Å². The lowest BCUT2D eigenvalue weighted by Gasteiger charge is -2.05. The van der Waals surface area contributed by atoms with E-state index in [0.29, 0.717) is 0 Å². The number of aryl methyl sites for hydroxylation is 1. The summed E-state index contributed by atoms with van der Waals surface area (Å²) in [6.07, 6.45) is 0.825. The van der Waals surface area contributed by atoms with Gasteiger partial charge in [-0.3, -0.25) is 20.4 Å². The molecule has 0 radical (unpaired) electrons. The average molecular weight is 267 g/mol. The number of carbonyl (C=O) groups is 2. The van der Waals surface area contributed by atoms with Gasteiger partial charge in [0, 0.05) is 5.92 Å². The minimum Gasteiger partial charge on any atom is -0.273 e. The second-order valence-corrected chi connectivity index (χ2v) is 4.80. The van der Waals surface area contributed by atoms with Crippen LogP contribution >= 0.6 is 11.6 Å². The number of hydrogen-bond donors (Lipinski definition) is 2. The first-order valence-corrected chi connectivity index (χ1v) is 6.36. The van der Waals surface area contributed by atoms with E-state index in [1.807, 2.05) is 31.2 Å². The van der Waals surface area contributed by atoms with Crippen molar-refractivity contribution in [3.63, 3.8) is 0 Å². The molecule has 2 rings (SSSR count). The van der Waals surface area contributed by atoms with Crippen LogP contribution in [0.25, 0.3) is 0 Å². The Morgan fingerprint density at radius 3 is 2.56 bits per heavy atom. The van der Waals surface area contributed by atoms with Crippen LogP contribution in [0.1, 0.15) is 23.5 Å². The Balaban J connectivity index is 1.85. The third kappa shape index (κ3) is 3.01. The van der Waals surface area contributed by atoms with E-state index in [1.165, 1.54) is 11.1 Å². The van der Waals surface area contributed by atoms with Gasteiger partial charge in [-0.2, -0.15) is 0 Å². The second kappa shape index (κ2) is 5.40. The molecular weight excluding hydrogens is 252 g/mol. The first-order chi connectivity index (χ1) is 8.61. The van der Waals surface area contributed by atoms with Gasteiger partial charge in [-0.15, -0.1) is 11.6 Å². The van der Waals surface area contributed by atoms with Crippen molar-refractivity contribution in [2.24, 2.45) is 5.92 Å². The monoisotopic (exact) mass is 266 g/mol. The van der Waals surface area contributed by atoms with E-state index in [0.717, 1.165) is 6.42 Å². The Morgan fingerprint density at radius 2 is 1.94 bits per heavy atom. The summed E-state index contributed by atoms with van der Waals surface area (Å²) >= 11 is 5.31. The molecule has 0 spiro atoms. The Hall–Kier alpha value is -1.55. The van der Waals surface area contributed by atoms with Crippen LogP contribution in [0.3, 0.4) is 0 Å². The molecule has 1 fully saturated rings. The summed E-state index contributed by atoms with van der Waals surface area (Å²) in [7, 11) is 0. The maximum Gasteiger partial charge on any atom is 0.253 e. The first-order valence-electron chi connectivity index (χ1n) is 5.83. The molecule has 1 aliphatic rings. The van der Waals surface area contributed by atoms with Gasteiger partial charge < -0.3 is 0 Å². The minimum absolute atomic E-state index is 0.0525. The van der Waals surface area contributed by atoms with Gasteiger partial charge in [0.05, 0.1) is 0 Å². The first kappa shape index (κ1) is 12.9. The van der Waals surface area contributed by atoms with Gasteiger partial charge in [-0.05, 0) is 24.8 Å². The lowest BCUT2D eigenvalue weighted by Crippen LogP contribution is -2.43. The number of rotatable bonds is 3. The van der Waals surface area contributed by atoms with Crippen LogP contribution in [0, 0.1) is 12.8 Å². The van der Waals surface area contributed by atoms with E-state index in [4.69, 9.17) is 11.6 Å². The zero-order valence-electron chi connectivity index (χ0n) is 10.1. The zero-order valence-corrected chi connectivity index (χ0v) is 10.8. The summed E-state index contributed by atoms with van der Waals surface area (Å²) < 4.78 is 0. The van der Waals surface area contributed by atoms with Gasteiger partial charge in [0.1, 0.15) is 5.88 Å². The summed E-state index contributed by atoms with van der Waals surface area (Å²) in [5.41, 5.74) is 7.02. The van der Waals surface area contributed by atoms with Gasteiger partial charge in [0.2, 0.25) is 5.91 Å². The molecule has 2 amide bonds. The standard InChI is InChI=1S/C13H15ClN2O2/c1-8-2-4-9(5-3-8)10-6-11(10)13(18)16-15-12(17)7-14/h2-5,10-11H,6-7H2,1H3,(H,15,17)(H,16,18). The molecule has 0 bridgehead atoms. The number of amides is 2. The summed E-state index contributed by atoms with van der Waals surface area (Å²) in [6, 6.07) is 8.17. The van der Waals surface area contributed by atoms with Crippen LogP contribution in [0.5, 0.6) is 0 Å². The molecule has 0 saturated heterocycles. The molecule has 5 heteroatoms. The van der Waals surface area contributed by atoms with E-state index in [1.54, 1.807) is 0 Å². The number of carbonyl (C=O) groups excluding carboxylic acids is 2. The average Bonchev–Trinajstić information content (AvgIpc) is 3.16. The Bertz CT molecular complexity index is 459. The van der Waals surface area contributed by atoms with Crippen LogP contribution in [0.15, 0.2) is 24.3 Å². The summed E-state index contributed by atoms with van der Waals surface area (Å²) in [6.45, 7) is 2.03. The van der Waals surface area contributed by atoms with E-state index in [9.17, 15) is 9.59 Å². The number of nitrogens with one attached hydrogen (secondary N) is 2. The highest BCUT2D eigenvalue weighted by atomic mass is 35.5. The van der Waals surface area contributed by atoms with E-state index < -0.39 is 5.91 Å². The smallest absolute Gasteiger partial charge is 0.253 e. The van der Waals surface area contributed by atoms with Crippen LogP contribution in [-0.2, 0) is 9.59 Å². The third-order valence-corrected chi connectivity index (χ3v) is 3.32. The molecule has 1 aromatic rings. The molecule has 2 N–H and O–H groups in total. The Kier molecular flexibility index (Phi) is 3.87. The highest BCUT2D eigenvalue weighted by Gasteiger charge is 2.43. The maximum atomic E-state index is 11.7. The minimum atomic E-state index is -0.405. The molecule has 2 unspecified atom stereocenters. The summed E-state index contributed by atoms with van der Waals surface area (Å²) in [5, 5.41) is 0. The van der Waals surface area contributed by atoms with Crippen molar-refractivity contribution in [1.82, 2.24) is 10.9 Å². The quantitative estimate of drug-likeness (QED) is 0.643. The maximum absolute atomic E-state index is 11.7. The van der Waals surface area contributed by atoms with Gasteiger partial charge in [0.15, 0.2) is 0 Å². The topological polar surface area (TPSA) is 58.2 Å². The highest BCUT2D eigenvalue weighted by Crippen LogP contribution is 2.47. The van der Waals surface area contributed by atoms with Crippen molar-refractivity contribution < 1.29 is 9.59 Å². The largest absolute Gasteiger partial charge is 0.273 e. The number of benzene rings is 1. The molecule has 2 atom stereocenters. The van der Waals surface area contributed by atoms with Crippen molar-refractivity contribution in [2.75, 3.05) is 5.88 Å². The van der Waals surface area contributed by atoms with Crippen LogP contribution in [0.2, 0.25) is 0 Å². The van der Waals surface area contributed by atoms with Crippen molar-refractivity contribution in [1.29, 1.82) is 0 Å². The van der Waals surface area contributed by atoms with Crippen molar-refractivity contribution in [3.8, 4) is 0 Å².